The van der Waals surface area contributed by atoms with Crippen LogP contribution >= 0.6 is 0 Å². The van der Waals surface area contributed by atoms with Crippen molar-refractivity contribution in [3.63, 3.8) is 0 Å². The van der Waals surface area contributed by atoms with Gasteiger partial charge in [0.05, 0.1) is 13.2 Å². The van der Waals surface area contributed by atoms with Crippen LogP contribution in [0.5, 0.6) is 17.2 Å². The number of nitrogens with zero attached hydrogens (tertiary/aromatic N) is 1. The fourth-order valence-electron chi connectivity index (χ4n) is 3.16. The first-order valence-electron chi connectivity index (χ1n) is 7.81. The third-order valence-electron chi connectivity index (χ3n) is 4.38. The summed E-state index contributed by atoms with van der Waals surface area (Å²) in [5, 5.41) is 0. The van der Waals surface area contributed by atoms with E-state index in [2.05, 4.69) is 0 Å². The highest BCUT2D eigenvalue weighted by molar-refractivity contribution is 6.05. The Hall–Kier alpha value is -2.73. The number of methoxy groups -OCH3 is 1. The minimum atomic E-state index is -0.565. The van der Waals surface area contributed by atoms with E-state index >= 15 is 0 Å². The van der Waals surface area contributed by atoms with Crippen molar-refractivity contribution in [2.24, 2.45) is 5.73 Å². The monoisotopic (exact) mass is 326 g/mol. The van der Waals surface area contributed by atoms with Gasteiger partial charge in [0.2, 0.25) is 5.91 Å². The normalized spacial score (nSPS) is 22.1. The molecular formula is C18H18N2O4. The molecule has 2 aliphatic heterocycles. The number of carbonyl (C=O) groups excluding carboxylic acids is 1. The summed E-state index contributed by atoms with van der Waals surface area (Å²) in [4.78, 5) is 14.1. The van der Waals surface area contributed by atoms with Crippen molar-refractivity contribution in [1.29, 1.82) is 0 Å². The van der Waals surface area contributed by atoms with Crippen LogP contribution in [-0.4, -0.2) is 32.3 Å². The van der Waals surface area contributed by atoms with E-state index in [1.165, 1.54) is 0 Å². The summed E-state index contributed by atoms with van der Waals surface area (Å²) < 4.78 is 16.4. The molecule has 0 radical (unpaired) electrons. The topological polar surface area (TPSA) is 74.0 Å². The molecule has 2 aliphatic rings. The smallest absolute Gasteiger partial charge is 0.247 e. The second-order valence-electron chi connectivity index (χ2n) is 5.78. The maximum Gasteiger partial charge on any atom is 0.247 e. The molecule has 2 N–H and O–H groups in total. The Morgan fingerprint density at radius 2 is 1.92 bits per heavy atom. The molecule has 2 aromatic carbocycles. The highest BCUT2D eigenvalue weighted by atomic mass is 16.6. The van der Waals surface area contributed by atoms with Gasteiger partial charge in [0.25, 0.3) is 0 Å². The number of nitrogens with two attached hydrogens (primary N) is 1. The molecule has 1 fully saturated rings. The molecule has 0 unspecified atom stereocenters. The Morgan fingerprint density at radius 3 is 2.71 bits per heavy atom. The van der Waals surface area contributed by atoms with E-state index in [-0.39, 0.29) is 11.9 Å². The van der Waals surface area contributed by atoms with E-state index in [4.69, 9.17) is 19.9 Å². The van der Waals surface area contributed by atoms with Crippen LogP contribution in [-0.2, 0) is 4.79 Å². The average molecular weight is 326 g/mol. The standard InChI is InChI=1S/C18H18N2O4/c1-22-13-4-2-3-11(9-13)17-16(19)18(21)20(17)12-5-6-14-15(10-12)24-8-7-23-14/h2-6,9-10,16-17H,7-8,19H2,1H3/t16-,17-/m0/s1. The van der Waals surface area contributed by atoms with E-state index in [9.17, 15) is 4.79 Å². The number of fused-ring (bicyclic) bond motifs is 1. The number of β-lactam (4-membered cyclic amide) rings is 1. The molecule has 0 spiro atoms. The molecule has 6 nitrogen and oxygen atoms in total. The molecule has 2 heterocycles. The lowest BCUT2D eigenvalue weighted by atomic mass is 9.88. The second kappa shape index (κ2) is 5.72. The summed E-state index contributed by atoms with van der Waals surface area (Å²) in [7, 11) is 1.61. The molecule has 0 bridgehead atoms. The maximum atomic E-state index is 12.4. The van der Waals surface area contributed by atoms with Crippen LogP contribution in [0.3, 0.4) is 0 Å². The van der Waals surface area contributed by atoms with Gasteiger partial charge in [-0.2, -0.15) is 0 Å². The molecule has 124 valence electrons. The van der Waals surface area contributed by atoms with Crippen molar-refractivity contribution in [3.8, 4) is 17.2 Å². The van der Waals surface area contributed by atoms with Gasteiger partial charge in [0, 0.05) is 11.8 Å². The van der Waals surface area contributed by atoms with Crippen molar-refractivity contribution >= 4 is 11.6 Å². The zero-order valence-corrected chi connectivity index (χ0v) is 13.3. The minimum absolute atomic E-state index is 0.112. The third-order valence-corrected chi connectivity index (χ3v) is 4.38. The lowest BCUT2D eigenvalue weighted by molar-refractivity contribution is -0.126. The van der Waals surface area contributed by atoms with Crippen molar-refractivity contribution in [1.82, 2.24) is 0 Å². The number of rotatable bonds is 3. The van der Waals surface area contributed by atoms with Crippen LogP contribution in [0.25, 0.3) is 0 Å². The van der Waals surface area contributed by atoms with Crippen molar-refractivity contribution in [2.75, 3.05) is 25.2 Å². The Morgan fingerprint density at radius 1 is 1.12 bits per heavy atom. The molecule has 1 saturated heterocycles. The quantitative estimate of drug-likeness (QED) is 0.872. The molecule has 4 rings (SSSR count). The van der Waals surface area contributed by atoms with Crippen LogP contribution in [0.2, 0.25) is 0 Å². The summed E-state index contributed by atoms with van der Waals surface area (Å²) >= 11 is 0. The number of amides is 1. The number of hydrogen-bond acceptors (Lipinski definition) is 5. The molecule has 2 atom stereocenters. The SMILES string of the molecule is COc1cccc([C@H]2[C@H](N)C(=O)N2c2ccc3c(c2)OCCO3)c1. The summed E-state index contributed by atoms with van der Waals surface area (Å²) in [6, 6.07) is 12.3. The lowest BCUT2D eigenvalue weighted by Gasteiger charge is -2.45. The first kappa shape index (κ1) is 14.8. The van der Waals surface area contributed by atoms with Gasteiger partial charge in [-0.15, -0.1) is 0 Å². The van der Waals surface area contributed by atoms with Crippen LogP contribution in [0.1, 0.15) is 11.6 Å². The molecule has 0 aromatic heterocycles. The zero-order chi connectivity index (χ0) is 16.7. The number of hydrogen-bond donors (Lipinski definition) is 1. The van der Waals surface area contributed by atoms with E-state index in [0.717, 1.165) is 17.0 Å². The highest BCUT2D eigenvalue weighted by Crippen LogP contribution is 2.42. The molecular weight excluding hydrogens is 308 g/mol. The fraction of sp³-hybridized carbons (Fsp3) is 0.278. The first-order valence-corrected chi connectivity index (χ1v) is 7.81. The van der Waals surface area contributed by atoms with Gasteiger partial charge in [-0.1, -0.05) is 12.1 Å². The zero-order valence-electron chi connectivity index (χ0n) is 13.3. The number of benzene rings is 2. The summed E-state index contributed by atoms with van der Waals surface area (Å²) in [6.45, 7) is 1.04. The van der Waals surface area contributed by atoms with Crippen LogP contribution < -0.4 is 24.8 Å². The molecule has 1 amide bonds. The van der Waals surface area contributed by atoms with Crippen LogP contribution in [0, 0.1) is 0 Å². The van der Waals surface area contributed by atoms with Gasteiger partial charge in [0.1, 0.15) is 25.0 Å². The van der Waals surface area contributed by atoms with E-state index in [1.807, 2.05) is 42.5 Å². The first-order chi connectivity index (χ1) is 11.7. The second-order valence-corrected chi connectivity index (χ2v) is 5.78. The Kier molecular flexibility index (Phi) is 3.54. The lowest BCUT2D eigenvalue weighted by Crippen LogP contribution is -2.63. The Balaban J connectivity index is 1.69. The van der Waals surface area contributed by atoms with Gasteiger partial charge in [-0.25, -0.2) is 0 Å². The van der Waals surface area contributed by atoms with Gasteiger partial charge in [0.15, 0.2) is 11.5 Å². The van der Waals surface area contributed by atoms with Crippen molar-refractivity contribution in [2.45, 2.75) is 12.1 Å². The van der Waals surface area contributed by atoms with E-state index < -0.39 is 6.04 Å². The largest absolute Gasteiger partial charge is 0.497 e. The number of anilines is 1. The summed E-state index contributed by atoms with van der Waals surface area (Å²) in [5.41, 5.74) is 7.76. The molecule has 24 heavy (non-hydrogen) atoms. The molecule has 2 aromatic rings. The average Bonchev–Trinajstić information content (AvgIpc) is 2.64. The fourth-order valence-corrected chi connectivity index (χ4v) is 3.16. The van der Waals surface area contributed by atoms with Crippen molar-refractivity contribution in [3.05, 3.63) is 48.0 Å². The number of ether oxygens (including phenoxy) is 3. The predicted octanol–water partition coefficient (Wildman–Crippen LogP) is 1.88. The van der Waals surface area contributed by atoms with E-state index in [0.29, 0.717) is 24.7 Å². The molecule has 6 heteroatoms. The maximum absolute atomic E-state index is 12.4. The van der Waals surface area contributed by atoms with E-state index in [1.54, 1.807) is 12.0 Å². The van der Waals surface area contributed by atoms with Crippen molar-refractivity contribution < 1.29 is 19.0 Å². The predicted molar refractivity (Wildman–Crippen MR) is 88.6 cm³/mol. The Labute approximate surface area is 139 Å². The van der Waals surface area contributed by atoms with Gasteiger partial charge in [-0.3, -0.25) is 4.79 Å². The van der Waals surface area contributed by atoms with Gasteiger partial charge in [-0.05, 0) is 29.8 Å². The number of carbonyl (C=O) groups is 1. The summed E-state index contributed by atoms with van der Waals surface area (Å²) in [6.07, 6.45) is 0. The van der Waals surface area contributed by atoms with Crippen LogP contribution in [0.15, 0.2) is 42.5 Å². The van der Waals surface area contributed by atoms with Gasteiger partial charge >= 0.3 is 0 Å². The third kappa shape index (κ3) is 2.27. The highest BCUT2D eigenvalue weighted by Gasteiger charge is 2.47. The molecule has 0 aliphatic carbocycles. The Bertz CT molecular complexity index is 792. The molecule has 0 saturated carbocycles. The minimum Gasteiger partial charge on any atom is -0.497 e. The summed E-state index contributed by atoms with van der Waals surface area (Å²) in [5.74, 6) is 1.97. The van der Waals surface area contributed by atoms with Gasteiger partial charge < -0.3 is 24.8 Å². The van der Waals surface area contributed by atoms with Crippen LogP contribution in [0.4, 0.5) is 5.69 Å².